The second-order valence-corrected chi connectivity index (χ2v) is 4.86. The number of esters is 2. The fourth-order valence-electron chi connectivity index (χ4n) is 2.45. The lowest BCUT2D eigenvalue weighted by Crippen LogP contribution is -2.09. The van der Waals surface area contributed by atoms with E-state index in [2.05, 4.69) is 4.98 Å². The number of aromatic nitrogens is 1. The molecule has 0 amide bonds. The molecule has 0 bridgehead atoms. The molecule has 0 saturated carbocycles. The van der Waals surface area contributed by atoms with Gasteiger partial charge in [0.05, 0.1) is 29.8 Å². The van der Waals surface area contributed by atoms with Gasteiger partial charge in [-0.2, -0.15) is 0 Å². The first-order valence-corrected chi connectivity index (χ1v) is 7.14. The minimum absolute atomic E-state index is 0.0349. The third kappa shape index (κ3) is 2.98. The molecule has 0 aliphatic carbocycles. The normalized spacial score (nSPS) is 10.3. The number of hydrogen-bond acceptors (Lipinski definition) is 6. The van der Waals surface area contributed by atoms with Crippen LogP contribution >= 0.6 is 0 Å². The summed E-state index contributed by atoms with van der Waals surface area (Å²) in [6.07, 6.45) is 0. The van der Waals surface area contributed by atoms with Crippen LogP contribution in [0.1, 0.15) is 33.5 Å². The highest BCUT2D eigenvalue weighted by Gasteiger charge is 2.30. The van der Waals surface area contributed by atoms with Gasteiger partial charge in [-0.1, -0.05) is 12.1 Å². The van der Waals surface area contributed by atoms with E-state index in [1.54, 1.807) is 19.9 Å². The molecular weight excluding hydrogens is 316 g/mol. The Morgan fingerprint density at radius 2 is 1.92 bits per heavy atom. The molecule has 0 saturated heterocycles. The minimum atomic E-state index is -0.734. The maximum absolute atomic E-state index is 12.3. The fraction of sp³-hybridized carbons (Fsp3) is 0.250. The summed E-state index contributed by atoms with van der Waals surface area (Å²) in [5.74, 6) is -1.41. The molecule has 0 fully saturated rings. The van der Waals surface area contributed by atoms with Gasteiger partial charge in [-0.15, -0.1) is 0 Å². The average molecular weight is 332 g/mol. The van der Waals surface area contributed by atoms with E-state index in [-0.39, 0.29) is 34.7 Å². The van der Waals surface area contributed by atoms with Crippen LogP contribution in [0.2, 0.25) is 0 Å². The SMILES string of the molecule is CCOC(=O)c1c(C)[nH]c(C(=O)OC)c1-c1ccccc1[N+](=O)[O-]. The first kappa shape index (κ1) is 17.2. The Morgan fingerprint density at radius 3 is 2.50 bits per heavy atom. The number of nitro groups is 1. The summed E-state index contributed by atoms with van der Waals surface area (Å²) in [5, 5.41) is 11.3. The zero-order chi connectivity index (χ0) is 17.9. The van der Waals surface area contributed by atoms with Crippen molar-refractivity contribution in [1.82, 2.24) is 4.98 Å². The molecule has 24 heavy (non-hydrogen) atoms. The van der Waals surface area contributed by atoms with Crippen molar-refractivity contribution >= 4 is 17.6 Å². The number of benzene rings is 1. The summed E-state index contributed by atoms with van der Waals surface area (Å²) < 4.78 is 9.73. The first-order chi connectivity index (χ1) is 11.4. The van der Waals surface area contributed by atoms with Crippen molar-refractivity contribution in [3.05, 3.63) is 51.3 Å². The molecule has 8 heteroatoms. The third-order valence-electron chi connectivity index (χ3n) is 3.43. The minimum Gasteiger partial charge on any atom is -0.464 e. The lowest BCUT2D eigenvalue weighted by molar-refractivity contribution is -0.384. The third-order valence-corrected chi connectivity index (χ3v) is 3.43. The molecule has 1 aromatic carbocycles. The monoisotopic (exact) mass is 332 g/mol. The second-order valence-electron chi connectivity index (χ2n) is 4.86. The first-order valence-electron chi connectivity index (χ1n) is 7.14. The van der Waals surface area contributed by atoms with Crippen LogP contribution in [-0.4, -0.2) is 35.6 Å². The molecule has 0 aliphatic rings. The van der Waals surface area contributed by atoms with Gasteiger partial charge in [0.15, 0.2) is 0 Å². The number of methoxy groups -OCH3 is 1. The Balaban J connectivity index is 2.82. The summed E-state index contributed by atoms with van der Waals surface area (Å²) >= 11 is 0. The van der Waals surface area contributed by atoms with Crippen molar-refractivity contribution in [2.75, 3.05) is 13.7 Å². The molecule has 1 aromatic heterocycles. The zero-order valence-corrected chi connectivity index (χ0v) is 13.4. The van der Waals surface area contributed by atoms with Crippen LogP contribution in [0.25, 0.3) is 11.1 Å². The van der Waals surface area contributed by atoms with E-state index in [1.807, 2.05) is 0 Å². The number of ether oxygens (including phenoxy) is 2. The zero-order valence-electron chi connectivity index (χ0n) is 13.4. The molecule has 0 atom stereocenters. The van der Waals surface area contributed by atoms with Crippen molar-refractivity contribution in [2.45, 2.75) is 13.8 Å². The summed E-state index contributed by atoms with van der Waals surface area (Å²) in [6, 6.07) is 5.85. The Hall–Kier alpha value is -3.16. The van der Waals surface area contributed by atoms with Gasteiger partial charge < -0.3 is 14.5 Å². The van der Waals surface area contributed by atoms with Gasteiger partial charge in [0.25, 0.3) is 5.69 Å². The van der Waals surface area contributed by atoms with Gasteiger partial charge >= 0.3 is 11.9 Å². The van der Waals surface area contributed by atoms with Gasteiger partial charge in [0, 0.05) is 17.3 Å². The lowest BCUT2D eigenvalue weighted by Gasteiger charge is -2.08. The molecule has 0 spiro atoms. The highest BCUT2D eigenvalue weighted by molar-refractivity contribution is 6.07. The molecule has 0 radical (unpaired) electrons. The molecule has 2 aromatic rings. The maximum atomic E-state index is 12.3. The number of nitrogens with zero attached hydrogens (tertiary/aromatic N) is 1. The van der Waals surface area contributed by atoms with Crippen molar-refractivity contribution in [3.63, 3.8) is 0 Å². The highest BCUT2D eigenvalue weighted by Crippen LogP contribution is 2.37. The number of hydrogen-bond donors (Lipinski definition) is 1. The van der Waals surface area contributed by atoms with E-state index in [0.717, 1.165) is 0 Å². The molecule has 1 heterocycles. The standard InChI is InChI=1S/C16H16N2O6/c1-4-24-15(19)12-9(2)17-14(16(20)23-3)13(12)10-7-5-6-8-11(10)18(21)22/h5-8,17H,4H2,1-3H3. The van der Waals surface area contributed by atoms with Crippen molar-refractivity contribution in [3.8, 4) is 11.1 Å². The van der Waals surface area contributed by atoms with Crippen LogP contribution in [0.4, 0.5) is 5.69 Å². The Bertz CT molecular complexity index is 809. The van der Waals surface area contributed by atoms with Gasteiger partial charge in [0.1, 0.15) is 5.69 Å². The summed E-state index contributed by atoms with van der Waals surface area (Å²) in [7, 11) is 1.19. The van der Waals surface area contributed by atoms with Crippen LogP contribution in [-0.2, 0) is 9.47 Å². The quantitative estimate of drug-likeness (QED) is 0.512. The number of nitrogens with one attached hydrogen (secondary N) is 1. The predicted molar refractivity (Wildman–Crippen MR) is 84.9 cm³/mol. The maximum Gasteiger partial charge on any atom is 0.355 e. The van der Waals surface area contributed by atoms with E-state index in [9.17, 15) is 19.7 Å². The lowest BCUT2D eigenvalue weighted by atomic mass is 9.98. The van der Waals surface area contributed by atoms with Gasteiger partial charge in [-0.05, 0) is 19.9 Å². The van der Waals surface area contributed by atoms with Crippen molar-refractivity contribution < 1.29 is 24.0 Å². The Morgan fingerprint density at radius 1 is 1.25 bits per heavy atom. The number of carbonyl (C=O) groups excluding carboxylic acids is 2. The van der Waals surface area contributed by atoms with Gasteiger partial charge in [0.2, 0.25) is 0 Å². The number of rotatable bonds is 5. The van der Waals surface area contributed by atoms with E-state index < -0.39 is 16.9 Å². The van der Waals surface area contributed by atoms with E-state index in [0.29, 0.717) is 5.69 Å². The van der Waals surface area contributed by atoms with Crippen molar-refractivity contribution in [2.24, 2.45) is 0 Å². The average Bonchev–Trinajstić information content (AvgIpc) is 2.91. The largest absolute Gasteiger partial charge is 0.464 e. The smallest absolute Gasteiger partial charge is 0.355 e. The van der Waals surface area contributed by atoms with Crippen LogP contribution in [0.5, 0.6) is 0 Å². The summed E-state index contributed by atoms with van der Waals surface area (Å²) in [6.45, 7) is 3.36. The second kappa shape index (κ2) is 6.95. The number of para-hydroxylation sites is 1. The van der Waals surface area contributed by atoms with Crippen LogP contribution in [0.15, 0.2) is 24.3 Å². The number of aromatic amines is 1. The number of nitro benzene ring substituents is 1. The number of carbonyl (C=O) groups is 2. The molecule has 0 aliphatic heterocycles. The number of H-pyrrole nitrogens is 1. The molecule has 8 nitrogen and oxygen atoms in total. The topological polar surface area (TPSA) is 112 Å². The van der Waals surface area contributed by atoms with E-state index in [4.69, 9.17) is 9.47 Å². The van der Waals surface area contributed by atoms with Crippen LogP contribution in [0, 0.1) is 17.0 Å². The summed E-state index contributed by atoms with van der Waals surface area (Å²) in [4.78, 5) is 37.9. The Kier molecular flexibility index (Phi) is 4.98. The molecule has 1 N–H and O–H groups in total. The summed E-state index contributed by atoms with van der Waals surface area (Å²) in [5.41, 5.74) is 0.411. The van der Waals surface area contributed by atoms with Gasteiger partial charge in [-0.3, -0.25) is 10.1 Å². The van der Waals surface area contributed by atoms with Crippen LogP contribution < -0.4 is 0 Å². The number of aryl methyl sites for hydroxylation is 1. The van der Waals surface area contributed by atoms with E-state index in [1.165, 1.54) is 25.3 Å². The highest BCUT2D eigenvalue weighted by atomic mass is 16.6. The van der Waals surface area contributed by atoms with Gasteiger partial charge in [-0.25, -0.2) is 9.59 Å². The van der Waals surface area contributed by atoms with Crippen molar-refractivity contribution in [1.29, 1.82) is 0 Å². The molecule has 2 rings (SSSR count). The van der Waals surface area contributed by atoms with E-state index >= 15 is 0 Å². The predicted octanol–water partition coefficient (Wildman–Crippen LogP) is 2.86. The molecular formula is C16H16N2O6. The fourth-order valence-corrected chi connectivity index (χ4v) is 2.45. The Labute approximate surface area is 137 Å². The molecule has 0 unspecified atom stereocenters. The van der Waals surface area contributed by atoms with Crippen LogP contribution in [0.3, 0.4) is 0 Å². The molecule has 126 valence electrons.